The van der Waals surface area contributed by atoms with E-state index in [1.54, 1.807) is 12.1 Å². The zero-order valence-corrected chi connectivity index (χ0v) is 20.0. The van der Waals surface area contributed by atoms with E-state index >= 15 is 0 Å². The number of sulfonamides is 1. The Morgan fingerprint density at radius 2 is 1.67 bits per heavy atom. The topological polar surface area (TPSA) is 83.1 Å². The van der Waals surface area contributed by atoms with Gasteiger partial charge in [0.2, 0.25) is 10.0 Å². The van der Waals surface area contributed by atoms with Crippen LogP contribution in [-0.4, -0.2) is 81.0 Å². The van der Waals surface area contributed by atoms with Crippen LogP contribution < -0.4 is 4.90 Å². The monoisotopic (exact) mass is 472 g/mol. The number of hydrogen-bond donors (Lipinski definition) is 0. The maximum absolute atomic E-state index is 12.9. The molecule has 1 aromatic carbocycles. The summed E-state index contributed by atoms with van der Waals surface area (Å²) in [5, 5.41) is 0. The molecule has 0 N–H and O–H groups in total. The van der Waals surface area contributed by atoms with E-state index in [2.05, 4.69) is 28.9 Å². The number of carbonyl (C=O) groups is 1. The Balaban J connectivity index is 1.33. The number of rotatable bonds is 7. The van der Waals surface area contributed by atoms with Crippen LogP contribution in [0.3, 0.4) is 0 Å². The van der Waals surface area contributed by atoms with Crippen LogP contribution in [0.5, 0.6) is 0 Å². The lowest BCUT2D eigenvalue weighted by Gasteiger charge is -2.35. The molecule has 0 radical (unpaired) electrons. The Kier molecular flexibility index (Phi) is 7.62. The number of piperazine rings is 1. The molecule has 2 aliphatic rings. The van der Waals surface area contributed by atoms with E-state index in [1.165, 1.54) is 16.1 Å². The zero-order chi connectivity index (χ0) is 23.3. The summed E-state index contributed by atoms with van der Waals surface area (Å²) < 4.78 is 32.2. The van der Waals surface area contributed by atoms with Gasteiger partial charge in [0.15, 0.2) is 0 Å². The molecule has 4 rings (SSSR count). The number of aromatic nitrogens is 1. The lowest BCUT2D eigenvalue weighted by atomic mass is 10.1. The summed E-state index contributed by atoms with van der Waals surface area (Å²) in [5.41, 5.74) is 1.99. The largest absolute Gasteiger partial charge is 0.379 e. The molecule has 9 heteroatoms. The van der Waals surface area contributed by atoms with Crippen LogP contribution in [-0.2, 0) is 21.2 Å². The van der Waals surface area contributed by atoms with E-state index in [0.29, 0.717) is 52.5 Å². The Morgan fingerprint density at radius 1 is 0.970 bits per heavy atom. The van der Waals surface area contributed by atoms with E-state index in [4.69, 9.17) is 4.74 Å². The number of carbonyl (C=O) groups excluding carboxylic acids is 1. The van der Waals surface area contributed by atoms with Gasteiger partial charge in [-0.2, -0.15) is 4.31 Å². The second kappa shape index (κ2) is 10.6. The van der Waals surface area contributed by atoms with Crippen LogP contribution in [0, 0.1) is 0 Å². The summed E-state index contributed by atoms with van der Waals surface area (Å²) in [6.07, 6.45) is 4.79. The normalized spacial score (nSPS) is 17.8. The number of unbranched alkanes of at least 4 members (excludes halogenated alkanes) is 1. The molecular formula is C24H32N4O4S. The third-order valence-electron chi connectivity index (χ3n) is 6.24. The highest BCUT2D eigenvalue weighted by atomic mass is 32.2. The van der Waals surface area contributed by atoms with Crippen molar-refractivity contribution in [2.75, 3.05) is 57.4 Å². The highest BCUT2D eigenvalue weighted by Crippen LogP contribution is 2.21. The van der Waals surface area contributed by atoms with Gasteiger partial charge in [0.1, 0.15) is 10.7 Å². The minimum atomic E-state index is -3.55. The van der Waals surface area contributed by atoms with Crippen molar-refractivity contribution in [3.63, 3.8) is 0 Å². The van der Waals surface area contributed by atoms with Crippen molar-refractivity contribution in [3.05, 3.63) is 53.7 Å². The number of ether oxygens (including phenoxy) is 1. The van der Waals surface area contributed by atoms with Gasteiger partial charge in [-0.25, -0.2) is 13.4 Å². The van der Waals surface area contributed by atoms with Gasteiger partial charge >= 0.3 is 0 Å². The molecule has 3 heterocycles. The number of hydrogen-bond acceptors (Lipinski definition) is 6. The molecule has 2 fully saturated rings. The zero-order valence-electron chi connectivity index (χ0n) is 19.1. The van der Waals surface area contributed by atoms with Crippen LogP contribution in [0.25, 0.3) is 0 Å². The fraction of sp³-hybridized carbons (Fsp3) is 0.500. The quantitative estimate of drug-likeness (QED) is 0.616. The number of anilines is 1. The smallest absolute Gasteiger partial charge is 0.253 e. The van der Waals surface area contributed by atoms with Gasteiger partial charge in [0.05, 0.1) is 13.2 Å². The van der Waals surface area contributed by atoms with E-state index in [9.17, 15) is 13.2 Å². The highest BCUT2D eigenvalue weighted by molar-refractivity contribution is 7.89. The van der Waals surface area contributed by atoms with Crippen molar-refractivity contribution in [3.8, 4) is 0 Å². The molecule has 33 heavy (non-hydrogen) atoms. The van der Waals surface area contributed by atoms with E-state index in [1.807, 2.05) is 17.0 Å². The van der Waals surface area contributed by atoms with Crippen molar-refractivity contribution in [1.82, 2.24) is 14.2 Å². The Hall–Kier alpha value is -2.49. The second-order valence-corrected chi connectivity index (χ2v) is 10.4. The number of amides is 1. The maximum atomic E-state index is 12.9. The first kappa shape index (κ1) is 23.7. The molecular weight excluding hydrogens is 440 g/mol. The SMILES string of the molecule is CCCCc1ccc(C(=O)N2CCN(c3ccc(S(=O)(=O)N4CCOCC4)cn3)CC2)cc1. The number of benzene rings is 1. The Labute approximate surface area is 196 Å². The van der Waals surface area contributed by atoms with Crippen molar-refractivity contribution in [2.24, 2.45) is 0 Å². The molecule has 8 nitrogen and oxygen atoms in total. The summed E-state index contributed by atoms with van der Waals surface area (Å²) in [6, 6.07) is 11.3. The molecule has 2 aliphatic heterocycles. The van der Waals surface area contributed by atoms with Gasteiger partial charge in [0, 0.05) is 51.0 Å². The fourth-order valence-electron chi connectivity index (χ4n) is 4.16. The summed E-state index contributed by atoms with van der Waals surface area (Å²) in [4.78, 5) is 21.5. The summed E-state index contributed by atoms with van der Waals surface area (Å²) >= 11 is 0. The number of morpholine rings is 1. The predicted octanol–water partition coefficient (Wildman–Crippen LogP) is 2.41. The fourth-order valence-corrected chi connectivity index (χ4v) is 5.52. The second-order valence-electron chi connectivity index (χ2n) is 8.45. The van der Waals surface area contributed by atoms with Crippen LogP contribution in [0.15, 0.2) is 47.5 Å². The van der Waals surface area contributed by atoms with Gasteiger partial charge in [-0.3, -0.25) is 4.79 Å². The predicted molar refractivity (Wildman–Crippen MR) is 127 cm³/mol. The minimum absolute atomic E-state index is 0.0524. The average Bonchev–Trinajstić information content (AvgIpc) is 2.88. The van der Waals surface area contributed by atoms with E-state index < -0.39 is 10.0 Å². The van der Waals surface area contributed by atoms with Gasteiger partial charge in [-0.15, -0.1) is 0 Å². The number of aryl methyl sites for hydroxylation is 1. The van der Waals surface area contributed by atoms with Crippen molar-refractivity contribution in [2.45, 2.75) is 31.1 Å². The molecule has 0 saturated carbocycles. The molecule has 2 saturated heterocycles. The number of pyridine rings is 1. The van der Waals surface area contributed by atoms with Crippen LogP contribution >= 0.6 is 0 Å². The van der Waals surface area contributed by atoms with Gasteiger partial charge in [0.25, 0.3) is 5.91 Å². The van der Waals surface area contributed by atoms with Gasteiger partial charge < -0.3 is 14.5 Å². The molecule has 0 bridgehead atoms. The van der Waals surface area contributed by atoms with E-state index in [0.717, 1.165) is 30.6 Å². The molecule has 1 aromatic heterocycles. The summed E-state index contributed by atoms with van der Waals surface area (Å²) in [7, 11) is -3.55. The first-order valence-electron chi connectivity index (χ1n) is 11.7. The summed E-state index contributed by atoms with van der Waals surface area (Å²) in [5.74, 6) is 0.778. The lowest BCUT2D eigenvalue weighted by molar-refractivity contribution is 0.0730. The lowest BCUT2D eigenvalue weighted by Crippen LogP contribution is -2.49. The van der Waals surface area contributed by atoms with Gasteiger partial charge in [-0.1, -0.05) is 25.5 Å². The van der Waals surface area contributed by atoms with Gasteiger partial charge in [-0.05, 0) is 42.7 Å². The minimum Gasteiger partial charge on any atom is -0.379 e. The molecule has 0 spiro atoms. The molecule has 0 atom stereocenters. The first-order valence-corrected chi connectivity index (χ1v) is 13.1. The summed E-state index contributed by atoms with van der Waals surface area (Å²) in [6.45, 7) is 6.25. The first-order chi connectivity index (χ1) is 16.0. The van der Waals surface area contributed by atoms with Crippen molar-refractivity contribution in [1.29, 1.82) is 0 Å². The standard InChI is InChI=1S/C24H32N4O4S/c1-2-3-4-20-5-7-21(8-6-20)24(29)27-13-11-26(12-14-27)23-10-9-22(19-25-23)33(30,31)28-15-17-32-18-16-28/h5-10,19H,2-4,11-18H2,1H3. The van der Waals surface area contributed by atoms with Crippen LogP contribution in [0.1, 0.15) is 35.7 Å². The average molecular weight is 473 g/mol. The highest BCUT2D eigenvalue weighted by Gasteiger charge is 2.27. The van der Waals surface area contributed by atoms with Crippen molar-refractivity contribution >= 4 is 21.7 Å². The molecule has 1 amide bonds. The molecule has 2 aromatic rings. The molecule has 0 aliphatic carbocycles. The van der Waals surface area contributed by atoms with Crippen LogP contribution in [0.4, 0.5) is 5.82 Å². The van der Waals surface area contributed by atoms with Crippen molar-refractivity contribution < 1.29 is 17.9 Å². The molecule has 178 valence electrons. The molecule has 0 unspecified atom stereocenters. The Bertz CT molecular complexity index is 1030. The number of nitrogens with zero attached hydrogens (tertiary/aromatic N) is 4. The van der Waals surface area contributed by atoms with Crippen LogP contribution in [0.2, 0.25) is 0 Å². The van der Waals surface area contributed by atoms with E-state index in [-0.39, 0.29) is 10.8 Å². The Morgan fingerprint density at radius 3 is 2.27 bits per heavy atom. The maximum Gasteiger partial charge on any atom is 0.253 e. The third-order valence-corrected chi connectivity index (χ3v) is 8.12. The third kappa shape index (κ3) is 5.54.